The lowest BCUT2D eigenvalue weighted by Gasteiger charge is -2.22. The largest absolute Gasteiger partial charge is 0.407 e. The molecule has 2 aromatic rings. The summed E-state index contributed by atoms with van der Waals surface area (Å²) in [6.45, 7) is -0.0208. The Bertz CT molecular complexity index is 602. The quantitative estimate of drug-likeness (QED) is 0.852. The zero-order valence-electron chi connectivity index (χ0n) is 10.7. The molecule has 0 bridgehead atoms. The summed E-state index contributed by atoms with van der Waals surface area (Å²) in [7, 11) is 0. The first-order valence-corrected chi connectivity index (χ1v) is 6.39. The Hall–Kier alpha value is -1.66. The molecule has 0 aliphatic heterocycles. The highest BCUT2D eigenvalue weighted by Crippen LogP contribution is 2.34. The van der Waals surface area contributed by atoms with Crippen LogP contribution in [0.5, 0.6) is 0 Å². The molecule has 21 heavy (non-hydrogen) atoms. The Morgan fingerprint density at radius 1 is 1.24 bits per heavy atom. The molecular formula is C14H11ClF4N2. The maximum absolute atomic E-state index is 13.1. The fourth-order valence-corrected chi connectivity index (χ4v) is 2.03. The first-order valence-electron chi connectivity index (χ1n) is 6.02. The van der Waals surface area contributed by atoms with Gasteiger partial charge in [0.25, 0.3) is 0 Å². The van der Waals surface area contributed by atoms with Crippen LogP contribution in [-0.2, 0) is 6.54 Å². The minimum Gasteiger partial charge on any atom is -0.298 e. The van der Waals surface area contributed by atoms with Gasteiger partial charge in [-0.2, -0.15) is 13.2 Å². The van der Waals surface area contributed by atoms with E-state index in [1.807, 2.05) is 0 Å². The molecule has 2 nitrogen and oxygen atoms in total. The van der Waals surface area contributed by atoms with Crippen molar-refractivity contribution in [3.63, 3.8) is 0 Å². The lowest BCUT2D eigenvalue weighted by molar-refractivity contribution is -0.158. The van der Waals surface area contributed by atoms with E-state index in [0.717, 1.165) is 18.2 Å². The third-order valence-corrected chi connectivity index (χ3v) is 3.13. The molecule has 0 saturated heterocycles. The summed E-state index contributed by atoms with van der Waals surface area (Å²) in [4.78, 5) is 3.83. The van der Waals surface area contributed by atoms with Crippen LogP contribution in [0.1, 0.15) is 17.2 Å². The van der Waals surface area contributed by atoms with Crippen molar-refractivity contribution in [3.8, 4) is 0 Å². The molecular weight excluding hydrogens is 308 g/mol. The molecule has 0 spiro atoms. The van der Waals surface area contributed by atoms with Crippen LogP contribution in [-0.4, -0.2) is 11.2 Å². The number of aromatic nitrogens is 1. The summed E-state index contributed by atoms with van der Waals surface area (Å²) in [5.41, 5.74) is 0.470. The zero-order chi connectivity index (χ0) is 15.5. The number of alkyl halides is 3. The molecule has 1 atom stereocenters. The molecule has 0 amide bonds. The number of hydrogen-bond donors (Lipinski definition) is 1. The van der Waals surface area contributed by atoms with Crippen molar-refractivity contribution in [1.29, 1.82) is 0 Å². The fourth-order valence-electron chi connectivity index (χ4n) is 1.84. The topological polar surface area (TPSA) is 24.9 Å². The highest BCUT2D eigenvalue weighted by Gasteiger charge is 2.40. The van der Waals surface area contributed by atoms with Crippen molar-refractivity contribution in [2.45, 2.75) is 18.8 Å². The minimum absolute atomic E-state index is 0.0208. The van der Waals surface area contributed by atoms with E-state index in [-0.39, 0.29) is 17.1 Å². The van der Waals surface area contributed by atoms with E-state index in [1.165, 1.54) is 12.4 Å². The predicted molar refractivity (Wildman–Crippen MR) is 71.3 cm³/mol. The Labute approximate surface area is 123 Å². The molecule has 1 N–H and O–H groups in total. The monoisotopic (exact) mass is 318 g/mol. The van der Waals surface area contributed by atoms with E-state index in [4.69, 9.17) is 11.6 Å². The van der Waals surface area contributed by atoms with Gasteiger partial charge in [-0.25, -0.2) is 4.39 Å². The van der Waals surface area contributed by atoms with Crippen LogP contribution >= 0.6 is 11.6 Å². The van der Waals surface area contributed by atoms with E-state index in [9.17, 15) is 17.6 Å². The number of nitrogens with zero attached hydrogens (tertiary/aromatic N) is 1. The van der Waals surface area contributed by atoms with Crippen molar-refractivity contribution >= 4 is 11.6 Å². The van der Waals surface area contributed by atoms with Crippen molar-refractivity contribution in [2.75, 3.05) is 0 Å². The first kappa shape index (κ1) is 15.7. The van der Waals surface area contributed by atoms with Crippen molar-refractivity contribution in [1.82, 2.24) is 10.3 Å². The smallest absolute Gasteiger partial charge is 0.298 e. The Morgan fingerprint density at radius 3 is 2.57 bits per heavy atom. The Balaban J connectivity index is 2.21. The van der Waals surface area contributed by atoms with Gasteiger partial charge in [0.1, 0.15) is 11.9 Å². The molecule has 0 radical (unpaired) electrons. The summed E-state index contributed by atoms with van der Waals surface area (Å²) in [5.74, 6) is -0.756. The summed E-state index contributed by atoms with van der Waals surface area (Å²) in [6, 6.07) is 4.32. The van der Waals surface area contributed by atoms with E-state index >= 15 is 0 Å². The molecule has 7 heteroatoms. The summed E-state index contributed by atoms with van der Waals surface area (Å²) < 4.78 is 52.4. The molecule has 0 fully saturated rings. The van der Waals surface area contributed by atoms with Crippen LogP contribution in [0.25, 0.3) is 0 Å². The molecule has 1 aromatic carbocycles. The first-order chi connectivity index (χ1) is 9.88. The maximum atomic E-state index is 13.1. The average molecular weight is 319 g/mol. The van der Waals surface area contributed by atoms with Gasteiger partial charge in [-0.1, -0.05) is 23.7 Å². The van der Waals surface area contributed by atoms with Gasteiger partial charge in [-0.05, 0) is 29.3 Å². The van der Waals surface area contributed by atoms with Crippen LogP contribution in [0, 0.1) is 5.82 Å². The molecule has 1 unspecified atom stereocenters. The third-order valence-electron chi connectivity index (χ3n) is 2.84. The highest BCUT2D eigenvalue weighted by molar-refractivity contribution is 6.30. The van der Waals surface area contributed by atoms with E-state index in [2.05, 4.69) is 10.3 Å². The summed E-state index contributed by atoms with van der Waals surface area (Å²) in [5, 5.41) is 2.05. The van der Waals surface area contributed by atoms with Gasteiger partial charge in [0.2, 0.25) is 0 Å². The summed E-state index contributed by atoms with van der Waals surface area (Å²) in [6.07, 6.45) is -1.52. The van der Waals surface area contributed by atoms with E-state index in [1.54, 1.807) is 12.1 Å². The predicted octanol–water partition coefficient (Wildman–Crippen LogP) is 4.27. The van der Waals surface area contributed by atoms with Crippen LogP contribution in [0.15, 0.2) is 42.7 Å². The van der Waals surface area contributed by atoms with Crippen LogP contribution < -0.4 is 5.32 Å². The van der Waals surface area contributed by atoms with E-state index in [0.29, 0.717) is 5.56 Å². The van der Waals surface area contributed by atoms with Crippen LogP contribution in [0.3, 0.4) is 0 Å². The second kappa shape index (κ2) is 6.41. The van der Waals surface area contributed by atoms with Gasteiger partial charge in [-0.15, -0.1) is 0 Å². The number of benzene rings is 1. The highest BCUT2D eigenvalue weighted by atomic mass is 35.5. The molecule has 0 aliphatic carbocycles. The standard InChI is InChI=1S/C14H11ClF4N2/c15-11-6-10(3-4-12(11)16)13(14(17,18)19)21-8-9-2-1-5-20-7-9/h1-7,13,21H,8H2. The maximum Gasteiger partial charge on any atom is 0.407 e. The Morgan fingerprint density at radius 2 is 2.00 bits per heavy atom. The van der Waals surface area contributed by atoms with Gasteiger partial charge < -0.3 is 0 Å². The SMILES string of the molecule is Fc1ccc(C(NCc2cccnc2)C(F)(F)F)cc1Cl. The normalized spacial score (nSPS) is 13.2. The zero-order valence-corrected chi connectivity index (χ0v) is 11.4. The number of nitrogens with one attached hydrogen (secondary N) is 1. The second-order valence-corrected chi connectivity index (χ2v) is 4.80. The lowest BCUT2D eigenvalue weighted by atomic mass is 10.1. The van der Waals surface area contributed by atoms with Crippen molar-refractivity contribution in [2.24, 2.45) is 0 Å². The van der Waals surface area contributed by atoms with Gasteiger partial charge in [0.05, 0.1) is 5.02 Å². The molecule has 1 aromatic heterocycles. The molecule has 1 heterocycles. The van der Waals surface area contributed by atoms with Gasteiger partial charge in [0.15, 0.2) is 0 Å². The molecule has 2 rings (SSSR count). The van der Waals surface area contributed by atoms with Crippen LogP contribution in [0.4, 0.5) is 17.6 Å². The van der Waals surface area contributed by atoms with Crippen molar-refractivity contribution in [3.05, 3.63) is 64.7 Å². The molecule has 0 saturated carbocycles. The van der Waals surface area contributed by atoms with Gasteiger partial charge in [0, 0.05) is 18.9 Å². The average Bonchev–Trinajstić information content (AvgIpc) is 2.42. The summed E-state index contributed by atoms with van der Waals surface area (Å²) >= 11 is 5.55. The minimum atomic E-state index is -4.52. The fraction of sp³-hybridized carbons (Fsp3) is 0.214. The number of hydrogen-bond acceptors (Lipinski definition) is 2. The van der Waals surface area contributed by atoms with Gasteiger partial charge in [-0.3, -0.25) is 10.3 Å². The lowest BCUT2D eigenvalue weighted by Crippen LogP contribution is -2.33. The van der Waals surface area contributed by atoms with Crippen molar-refractivity contribution < 1.29 is 17.6 Å². The molecule has 0 aliphatic rings. The Kier molecular flexibility index (Phi) is 4.80. The molecule has 112 valence electrons. The number of halogens is 5. The third kappa shape index (κ3) is 4.15. The number of rotatable bonds is 4. The van der Waals surface area contributed by atoms with Crippen LogP contribution in [0.2, 0.25) is 5.02 Å². The number of pyridine rings is 1. The van der Waals surface area contributed by atoms with E-state index < -0.39 is 18.0 Å². The van der Waals surface area contributed by atoms with Gasteiger partial charge >= 0.3 is 6.18 Å². The second-order valence-electron chi connectivity index (χ2n) is 4.39.